The van der Waals surface area contributed by atoms with Crippen molar-refractivity contribution in [2.45, 2.75) is 6.54 Å². The summed E-state index contributed by atoms with van der Waals surface area (Å²) in [5, 5.41) is 0.832. The molecule has 4 aromatic rings. The second-order valence-electron chi connectivity index (χ2n) is 6.83. The summed E-state index contributed by atoms with van der Waals surface area (Å²) in [5.41, 5.74) is 1.21. The van der Waals surface area contributed by atoms with Crippen LogP contribution in [0.2, 0.25) is 0 Å². The highest BCUT2D eigenvalue weighted by molar-refractivity contribution is 6.01. The molecular formula is C20H18N4O4. The van der Waals surface area contributed by atoms with Crippen LogP contribution in [0.3, 0.4) is 0 Å². The largest absolute Gasteiger partial charge is 0.459 e. The first-order valence-corrected chi connectivity index (χ1v) is 9.14. The summed E-state index contributed by atoms with van der Waals surface area (Å²) < 4.78 is 10.8. The van der Waals surface area contributed by atoms with Crippen LogP contribution in [-0.4, -0.2) is 51.9 Å². The van der Waals surface area contributed by atoms with Crippen molar-refractivity contribution in [3.63, 3.8) is 0 Å². The van der Waals surface area contributed by atoms with E-state index in [0.29, 0.717) is 55.4 Å². The van der Waals surface area contributed by atoms with Gasteiger partial charge in [-0.2, -0.15) is 0 Å². The van der Waals surface area contributed by atoms with E-state index in [2.05, 4.69) is 14.9 Å². The summed E-state index contributed by atoms with van der Waals surface area (Å²) in [4.78, 5) is 36.2. The molecule has 3 aromatic heterocycles. The van der Waals surface area contributed by atoms with Gasteiger partial charge < -0.3 is 18.7 Å². The molecule has 8 nitrogen and oxygen atoms in total. The minimum atomic E-state index is -0.275. The van der Waals surface area contributed by atoms with Crippen LogP contribution in [0.25, 0.3) is 22.1 Å². The molecule has 0 saturated carbocycles. The maximum absolute atomic E-state index is 12.4. The van der Waals surface area contributed by atoms with Gasteiger partial charge in [0.2, 0.25) is 5.58 Å². The number of furan rings is 2. The summed E-state index contributed by atoms with van der Waals surface area (Å²) >= 11 is 0. The highest BCUT2D eigenvalue weighted by atomic mass is 16.3. The van der Waals surface area contributed by atoms with Crippen LogP contribution in [0, 0.1) is 0 Å². The Bertz CT molecular complexity index is 1200. The fraction of sp³-hybridized carbons (Fsp3) is 0.250. The highest BCUT2D eigenvalue weighted by Crippen LogP contribution is 2.24. The van der Waals surface area contributed by atoms with Crippen LogP contribution in [0.5, 0.6) is 0 Å². The predicted molar refractivity (Wildman–Crippen MR) is 102 cm³/mol. The van der Waals surface area contributed by atoms with Gasteiger partial charge in [0.25, 0.3) is 11.5 Å². The van der Waals surface area contributed by atoms with E-state index in [9.17, 15) is 9.59 Å². The average molecular weight is 378 g/mol. The fourth-order valence-electron chi connectivity index (χ4n) is 3.60. The second-order valence-corrected chi connectivity index (χ2v) is 6.83. The maximum atomic E-state index is 12.4. The maximum Gasteiger partial charge on any atom is 0.294 e. The molecule has 1 aromatic carbocycles. The Kier molecular flexibility index (Phi) is 3.98. The molecule has 1 N–H and O–H groups in total. The number of benzene rings is 1. The number of nitrogens with zero attached hydrogens (tertiary/aromatic N) is 3. The zero-order chi connectivity index (χ0) is 19.1. The molecule has 28 heavy (non-hydrogen) atoms. The molecule has 0 radical (unpaired) electrons. The molecule has 0 unspecified atom stereocenters. The number of carbonyl (C=O) groups excluding carboxylic acids is 1. The van der Waals surface area contributed by atoms with Crippen molar-refractivity contribution in [1.29, 1.82) is 0 Å². The van der Waals surface area contributed by atoms with Crippen molar-refractivity contribution in [3.8, 4) is 0 Å². The Balaban J connectivity index is 1.33. The van der Waals surface area contributed by atoms with Gasteiger partial charge in [0.15, 0.2) is 5.76 Å². The van der Waals surface area contributed by atoms with Crippen LogP contribution in [-0.2, 0) is 6.54 Å². The van der Waals surface area contributed by atoms with Gasteiger partial charge in [0.05, 0.1) is 12.8 Å². The summed E-state index contributed by atoms with van der Waals surface area (Å²) in [6.07, 6.45) is 1.50. The van der Waals surface area contributed by atoms with E-state index in [4.69, 9.17) is 8.83 Å². The van der Waals surface area contributed by atoms with E-state index in [-0.39, 0.29) is 17.0 Å². The Labute approximate surface area is 159 Å². The number of nitrogens with one attached hydrogen (secondary N) is 1. The van der Waals surface area contributed by atoms with Gasteiger partial charge in [-0.05, 0) is 24.3 Å². The summed E-state index contributed by atoms with van der Waals surface area (Å²) in [6.45, 7) is 3.09. The summed E-state index contributed by atoms with van der Waals surface area (Å²) in [6, 6.07) is 10.9. The number of hydrogen-bond acceptors (Lipinski definition) is 6. The van der Waals surface area contributed by atoms with E-state index in [1.165, 1.54) is 6.26 Å². The molecule has 0 atom stereocenters. The molecule has 0 aliphatic carbocycles. The fourth-order valence-corrected chi connectivity index (χ4v) is 3.60. The standard InChI is InChI=1S/C20H18N4O4/c25-19-18-17(13-4-1-2-5-14(13)28-18)21-16(22-19)12-23-7-9-24(10-8-23)20(26)15-6-3-11-27-15/h1-6,11H,7-10,12H2,(H,21,22,25). The molecule has 1 aliphatic heterocycles. The molecule has 5 rings (SSSR count). The first kappa shape index (κ1) is 16.8. The van der Waals surface area contributed by atoms with Gasteiger partial charge in [-0.25, -0.2) is 4.98 Å². The van der Waals surface area contributed by atoms with Crippen molar-refractivity contribution in [2.24, 2.45) is 0 Å². The molecule has 8 heteroatoms. The molecule has 0 spiro atoms. The minimum absolute atomic E-state index is 0.0949. The van der Waals surface area contributed by atoms with Crippen LogP contribution < -0.4 is 5.56 Å². The first-order chi connectivity index (χ1) is 13.7. The number of para-hydroxylation sites is 1. The van der Waals surface area contributed by atoms with Gasteiger partial charge in [-0.15, -0.1) is 0 Å². The van der Waals surface area contributed by atoms with E-state index < -0.39 is 0 Å². The van der Waals surface area contributed by atoms with Gasteiger partial charge in [0.1, 0.15) is 16.9 Å². The Morgan fingerprint density at radius 3 is 2.71 bits per heavy atom. The van der Waals surface area contributed by atoms with E-state index in [0.717, 1.165) is 5.39 Å². The van der Waals surface area contributed by atoms with Crippen LogP contribution in [0.15, 0.2) is 56.3 Å². The quantitative estimate of drug-likeness (QED) is 0.587. The SMILES string of the molecule is O=C(c1ccco1)N1CCN(Cc2nc3c(oc4ccccc43)c(=O)[nH]2)CC1. The van der Waals surface area contributed by atoms with E-state index in [1.54, 1.807) is 17.0 Å². The average Bonchev–Trinajstić information content (AvgIpc) is 3.37. The lowest BCUT2D eigenvalue weighted by molar-refractivity contribution is 0.0595. The number of piperazine rings is 1. The summed E-state index contributed by atoms with van der Waals surface area (Å²) in [7, 11) is 0. The molecule has 0 bridgehead atoms. The highest BCUT2D eigenvalue weighted by Gasteiger charge is 2.24. The van der Waals surface area contributed by atoms with Crippen LogP contribution in [0.4, 0.5) is 0 Å². The zero-order valence-electron chi connectivity index (χ0n) is 15.1. The van der Waals surface area contributed by atoms with Gasteiger partial charge >= 0.3 is 0 Å². The van der Waals surface area contributed by atoms with Crippen molar-refractivity contribution in [1.82, 2.24) is 19.8 Å². The van der Waals surface area contributed by atoms with Crippen molar-refractivity contribution in [3.05, 3.63) is 64.6 Å². The third kappa shape index (κ3) is 2.87. The molecule has 1 amide bonds. The molecular weight excluding hydrogens is 360 g/mol. The molecule has 1 saturated heterocycles. The van der Waals surface area contributed by atoms with E-state index in [1.807, 2.05) is 24.3 Å². The van der Waals surface area contributed by atoms with Crippen molar-refractivity contribution in [2.75, 3.05) is 26.2 Å². The Hall–Kier alpha value is -3.39. The predicted octanol–water partition coefficient (Wildman–Crippen LogP) is 2.22. The number of aromatic amines is 1. The lowest BCUT2D eigenvalue weighted by Crippen LogP contribution is -2.48. The monoisotopic (exact) mass is 378 g/mol. The second kappa shape index (κ2) is 6.65. The third-order valence-electron chi connectivity index (χ3n) is 5.04. The molecule has 4 heterocycles. The number of carbonyl (C=O) groups is 1. The van der Waals surface area contributed by atoms with Gasteiger partial charge in [-0.3, -0.25) is 14.5 Å². The molecule has 1 fully saturated rings. The topological polar surface area (TPSA) is 95.6 Å². The van der Waals surface area contributed by atoms with Crippen LogP contribution >= 0.6 is 0 Å². The summed E-state index contributed by atoms with van der Waals surface area (Å²) in [5.74, 6) is 0.856. The smallest absolute Gasteiger partial charge is 0.294 e. The number of rotatable bonds is 3. The lowest BCUT2D eigenvalue weighted by atomic mass is 10.2. The van der Waals surface area contributed by atoms with Gasteiger partial charge in [0, 0.05) is 31.6 Å². The number of hydrogen-bond donors (Lipinski definition) is 1. The van der Waals surface area contributed by atoms with Gasteiger partial charge in [-0.1, -0.05) is 12.1 Å². The number of aromatic nitrogens is 2. The zero-order valence-corrected chi connectivity index (χ0v) is 15.1. The minimum Gasteiger partial charge on any atom is -0.459 e. The normalized spacial score (nSPS) is 15.5. The lowest BCUT2D eigenvalue weighted by Gasteiger charge is -2.33. The first-order valence-electron chi connectivity index (χ1n) is 9.14. The number of amides is 1. The molecule has 142 valence electrons. The number of H-pyrrole nitrogens is 1. The molecule has 1 aliphatic rings. The number of fused-ring (bicyclic) bond motifs is 3. The van der Waals surface area contributed by atoms with Crippen LogP contribution in [0.1, 0.15) is 16.4 Å². The van der Waals surface area contributed by atoms with Crippen molar-refractivity contribution >= 4 is 28.0 Å². The van der Waals surface area contributed by atoms with Crippen molar-refractivity contribution < 1.29 is 13.6 Å². The Morgan fingerprint density at radius 2 is 1.93 bits per heavy atom. The Morgan fingerprint density at radius 1 is 1.11 bits per heavy atom. The third-order valence-corrected chi connectivity index (χ3v) is 5.04. The van der Waals surface area contributed by atoms with E-state index >= 15 is 0 Å².